The maximum atomic E-state index is 8.72. The van der Waals surface area contributed by atoms with Crippen molar-refractivity contribution in [2.75, 3.05) is 6.54 Å². The second kappa shape index (κ2) is 6.23. The van der Waals surface area contributed by atoms with Crippen LogP contribution in [0, 0.1) is 11.3 Å². The van der Waals surface area contributed by atoms with Gasteiger partial charge < -0.3 is 5.32 Å². The maximum Gasteiger partial charge on any atom is 0.0991 e. The highest BCUT2D eigenvalue weighted by atomic mass is 35.5. The summed E-state index contributed by atoms with van der Waals surface area (Å²) < 4.78 is 0. The van der Waals surface area contributed by atoms with Crippen LogP contribution in [0.4, 0.5) is 0 Å². The molecule has 0 unspecified atom stereocenters. The Balaban J connectivity index is 2.48. The van der Waals surface area contributed by atoms with E-state index >= 15 is 0 Å². The standard InChI is InChI=1S/C12H13ClN2/c1-10(6-13)8-15-9-12-4-2-3-11(5-12)7-14/h2-6,15H,8-9H2,1H3/b10-6-. The predicted octanol–water partition coefficient (Wildman–Crippen LogP) is 2.79. The van der Waals surface area contributed by atoms with Gasteiger partial charge in [0.1, 0.15) is 0 Å². The number of benzene rings is 1. The zero-order valence-electron chi connectivity index (χ0n) is 8.63. The molecule has 0 aromatic heterocycles. The lowest BCUT2D eigenvalue weighted by Gasteiger charge is -2.04. The average Bonchev–Trinajstić information content (AvgIpc) is 2.29. The van der Waals surface area contributed by atoms with E-state index in [1.54, 1.807) is 11.6 Å². The molecule has 0 aliphatic carbocycles. The van der Waals surface area contributed by atoms with Gasteiger partial charge in [0.15, 0.2) is 0 Å². The highest BCUT2D eigenvalue weighted by Crippen LogP contribution is 2.03. The van der Waals surface area contributed by atoms with Crippen LogP contribution >= 0.6 is 11.6 Å². The molecule has 0 aliphatic rings. The van der Waals surface area contributed by atoms with Crippen molar-refractivity contribution < 1.29 is 0 Å². The number of nitrogens with zero attached hydrogens (tertiary/aromatic N) is 1. The van der Waals surface area contributed by atoms with Crippen LogP contribution in [0.15, 0.2) is 35.4 Å². The SMILES string of the molecule is C/C(=C/Cl)CNCc1cccc(C#N)c1. The fourth-order valence-electron chi connectivity index (χ4n) is 1.19. The highest BCUT2D eigenvalue weighted by molar-refractivity contribution is 6.25. The van der Waals surface area contributed by atoms with Gasteiger partial charge in [0.2, 0.25) is 0 Å². The first-order chi connectivity index (χ1) is 7.26. The summed E-state index contributed by atoms with van der Waals surface area (Å²) in [5, 5.41) is 12.0. The van der Waals surface area contributed by atoms with E-state index in [-0.39, 0.29) is 0 Å². The molecule has 0 saturated heterocycles. The van der Waals surface area contributed by atoms with Gasteiger partial charge in [0, 0.05) is 18.6 Å². The Bertz CT molecular complexity index is 391. The van der Waals surface area contributed by atoms with E-state index < -0.39 is 0 Å². The number of hydrogen-bond acceptors (Lipinski definition) is 2. The van der Waals surface area contributed by atoms with Gasteiger partial charge in [0.05, 0.1) is 11.6 Å². The van der Waals surface area contributed by atoms with Crippen molar-refractivity contribution in [2.24, 2.45) is 0 Å². The fraction of sp³-hybridized carbons (Fsp3) is 0.250. The van der Waals surface area contributed by atoms with Gasteiger partial charge in [-0.15, -0.1) is 0 Å². The Kier molecular flexibility index (Phi) is 4.89. The molecule has 0 saturated carbocycles. The van der Waals surface area contributed by atoms with E-state index in [9.17, 15) is 0 Å². The molecule has 0 fully saturated rings. The fourth-order valence-corrected chi connectivity index (χ4v) is 1.27. The van der Waals surface area contributed by atoms with Gasteiger partial charge >= 0.3 is 0 Å². The average molecular weight is 221 g/mol. The molecule has 0 aliphatic heterocycles. The number of nitriles is 1. The van der Waals surface area contributed by atoms with Crippen LogP contribution < -0.4 is 5.32 Å². The highest BCUT2D eigenvalue weighted by Gasteiger charge is 1.95. The molecule has 1 N–H and O–H groups in total. The molecular formula is C12H13ClN2. The minimum Gasteiger partial charge on any atom is -0.309 e. The first-order valence-electron chi connectivity index (χ1n) is 4.72. The Morgan fingerprint density at radius 3 is 3.07 bits per heavy atom. The van der Waals surface area contributed by atoms with Gasteiger partial charge in [0.25, 0.3) is 0 Å². The number of halogens is 1. The van der Waals surface area contributed by atoms with Crippen LogP contribution in [0.2, 0.25) is 0 Å². The van der Waals surface area contributed by atoms with Crippen LogP contribution in [-0.4, -0.2) is 6.54 Å². The summed E-state index contributed by atoms with van der Waals surface area (Å²) in [5.74, 6) is 0. The molecule has 0 atom stereocenters. The number of nitrogens with one attached hydrogen (secondary N) is 1. The monoisotopic (exact) mass is 220 g/mol. The molecule has 1 aromatic rings. The van der Waals surface area contributed by atoms with E-state index in [1.807, 2.05) is 25.1 Å². The minimum absolute atomic E-state index is 0.693. The topological polar surface area (TPSA) is 35.8 Å². The van der Waals surface area contributed by atoms with E-state index in [1.165, 1.54) is 0 Å². The first kappa shape index (κ1) is 11.8. The van der Waals surface area contributed by atoms with E-state index in [2.05, 4.69) is 11.4 Å². The Morgan fingerprint density at radius 2 is 2.40 bits per heavy atom. The largest absolute Gasteiger partial charge is 0.309 e. The summed E-state index contributed by atoms with van der Waals surface area (Å²) in [5.41, 5.74) is 4.46. The molecule has 15 heavy (non-hydrogen) atoms. The van der Waals surface area contributed by atoms with Gasteiger partial charge in [-0.2, -0.15) is 5.26 Å². The Morgan fingerprint density at radius 1 is 1.60 bits per heavy atom. The zero-order valence-corrected chi connectivity index (χ0v) is 9.38. The van der Waals surface area contributed by atoms with E-state index in [0.29, 0.717) is 5.56 Å². The summed E-state index contributed by atoms with van der Waals surface area (Å²) in [4.78, 5) is 0. The van der Waals surface area contributed by atoms with Gasteiger partial charge in [-0.25, -0.2) is 0 Å². The van der Waals surface area contributed by atoms with Crippen molar-refractivity contribution in [3.8, 4) is 6.07 Å². The van der Waals surface area contributed by atoms with Crippen LogP contribution in [0.25, 0.3) is 0 Å². The molecule has 3 heteroatoms. The van der Waals surface area contributed by atoms with Gasteiger partial charge in [-0.3, -0.25) is 0 Å². The van der Waals surface area contributed by atoms with E-state index in [4.69, 9.17) is 16.9 Å². The molecule has 2 nitrogen and oxygen atoms in total. The third-order valence-corrected chi connectivity index (χ3v) is 2.35. The summed E-state index contributed by atoms with van der Waals surface area (Å²) >= 11 is 5.54. The minimum atomic E-state index is 0.693. The molecule has 0 bridgehead atoms. The summed E-state index contributed by atoms with van der Waals surface area (Å²) in [7, 11) is 0. The van der Waals surface area contributed by atoms with Crippen molar-refractivity contribution in [1.82, 2.24) is 5.32 Å². The molecular weight excluding hydrogens is 208 g/mol. The maximum absolute atomic E-state index is 8.72. The Hall–Kier alpha value is -1.30. The second-order valence-electron chi connectivity index (χ2n) is 3.37. The van der Waals surface area contributed by atoms with Gasteiger partial charge in [-0.1, -0.05) is 23.7 Å². The number of rotatable bonds is 4. The van der Waals surface area contributed by atoms with Crippen LogP contribution in [-0.2, 0) is 6.54 Å². The molecule has 78 valence electrons. The third kappa shape index (κ3) is 4.16. The third-order valence-electron chi connectivity index (χ3n) is 1.98. The smallest absolute Gasteiger partial charge is 0.0991 e. The second-order valence-corrected chi connectivity index (χ2v) is 3.59. The van der Waals surface area contributed by atoms with Crippen molar-refractivity contribution in [2.45, 2.75) is 13.5 Å². The predicted molar refractivity (Wildman–Crippen MR) is 62.5 cm³/mol. The zero-order chi connectivity index (χ0) is 11.1. The summed E-state index contributed by atoms with van der Waals surface area (Å²) in [6.07, 6.45) is 0. The van der Waals surface area contributed by atoms with Crippen molar-refractivity contribution in [3.63, 3.8) is 0 Å². The number of hydrogen-bond donors (Lipinski definition) is 1. The molecule has 0 spiro atoms. The molecule has 0 amide bonds. The lowest BCUT2D eigenvalue weighted by atomic mass is 10.1. The summed E-state index contributed by atoms with van der Waals surface area (Å²) in [6, 6.07) is 9.68. The van der Waals surface area contributed by atoms with Crippen molar-refractivity contribution in [3.05, 3.63) is 46.5 Å². The lowest BCUT2D eigenvalue weighted by molar-refractivity contribution is 0.740. The van der Waals surface area contributed by atoms with Crippen LogP contribution in [0.3, 0.4) is 0 Å². The first-order valence-corrected chi connectivity index (χ1v) is 5.15. The lowest BCUT2D eigenvalue weighted by Crippen LogP contribution is -2.15. The van der Waals surface area contributed by atoms with Crippen LogP contribution in [0.1, 0.15) is 18.1 Å². The molecule has 0 radical (unpaired) electrons. The summed E-state index contributed by atoms with van der Waals surface area (Å²) in [6.45, 7) is 3.48. The Labute approximate surface area is 95.2 Å². The quantitative estimate of drug-likeness (QED) is 0.847. The molecule has 1 rings (SSSR count). The van der Waals surface area contributed by atoms with E-state index in [0.717, 1.165) is 24.2 Å². The van der Waals surface area contributed by atoms with Crippen molar-refractivity contribution >= 4 is 11.6 Å². The molecule has 1 aromatic carbocycles. The van der Waals surface area contributed by atoms with Crippen molar-refractivity contribution in [1.29, 1.82) is 5.26 Å². The molecule has 0 heterocycles. The van der Waals surface area contributed by atoms with Crippen LogP contribution in [0.5, 0.6) is 0 Å². The van der Waals surface area contributed by atoms with Gasteiger partial charge in [-0.05, 0) is 30.2 Å². The normalized spacial score (nSPS) is 11.1.